The highest BCUT2D eigenvalue weighted by molar-refractivity contribution is 14.1. The van der Waals surface area contributed by atoms with Crippen LogP contribution in [-0.4, -0.2) is 32.8 Å². The smallest absolute Gasteiger partial charge is 0.144 e. The molecule has 1 N–H and O–H groups in total. The van der Waals surface area contributed by atoms with Gasteiger partial charge in [0.1, 0.15) is 11.6 Å². The molecule has 1 fully saturated rings. The molecule has 1 aliphatic heterocycles. The lowest BCUT2D eigenvalue weighted by atomic mass is 10.3. The van der Waals surface area contributed by atoms with Gasteiger partial charge in [0.15, 0.2) is 0 Å². The minimum absolute atomic E-state index is 0.420. The third-order valence-electron chi connectivity index (χ3n) is 3.42. The molecule has 0 aliphatic carbocycles. The number of halogens is 1. The molecule has 1 saturated heterocycles. The van der Waals surface area contributed by atoms with E-state index in [9.17, 15) is 0 Å². The summed E-state index contributed by atoms with van der Waals surface area (Å²) in [6.07, 6.45) is 1.11. The van der Waals surface area contributed by atoms with E-state index < -0.39 is 0 Å². The van der Waals surface area contributed by atoms with Gasteiger partial charge < -0.3 is 5.32 Å². The van der Waals surface area contributed by atoms with Crippen LogP contribution in [-0.2, 0) is 0 Å². The van der Waals surface area contributed by atoms with Crippen LogP contribution in [0.4, 0.5) is 5.82 Å². The van der Waals surface area contributed by atoms with Crippen molar-refractivity contribution in [3.8, 4) is 0 Å². The molecule has 2 heterocycles. The van der Waals surface area contributed by atoms with Crippen molar-refractivity contribution in [2.75, 3.05) is 17.6 Å². The maximum absolute atomic E-state index is 4.79. The second-order valence-electron chi connectivity index (χ2n) is 5.12. The number of hydrogen-bond acceptors (Lipinski definition) is 5. The summed E-state index contributed by atoms with van der Waals surface area (Å²) < 4.78 is 1.15. The summed E-state index contributed by atoms with van der Waals surface area (Å²) in [5.41, 5.74) is 1.09. The van der Waals surface area contributed by atoms with Gasteiger partial charge in [-0.15, -0.1) is 11.8 Å². The van der Waals surface area contributed by atoms with Crippen molar-refractivity contribution in [3.63, 3.8) is 0 Å². The van der Waals surface area contributed by atoms with Crippen molar-refractivity contribution < 1.29 is 0 Å². The van der Waals surface area contributed by atoms with Gasteiger partial charge in [0.25, 0.3) is 0 Å². The molecule has 6 heteroatoms. The fourth-order valence-electron chi connectivity index (χ4n) is 2.00. The zero-order chi connectivity index (χ0) is 14.7. The highest BCUT2D eigenvalue weighted by Gasteiger charge is 2.29. The summed E-state index contributed by atoms with van der Waals surface area (Å²) in [6.45, 7) is 9.84. The first-order chi connectivity index (χ1) is 9.52. The number of aryl methyl sites for hydroxylation is 1. The monoisotopic (exact) mass is 423 g/mol. The van der Waals surface area contributed by atoms with E-state index in [-0.39, 0.29) is 0 Å². The van der Waals surface area contributed by atoms with E-state index in [0.717, 1.165) is 44.9 Å². The summed E-state index contributed by atoms with van der Waals surface area (Å²) in [7, 11) is 0. The van der Waals surface area contributed by atoms with E-state index in [1.807, 2.05) is 23.5 Å². The molecule has 3 unspecified atom stereocenters. The number of anilines is 1. The first-order valence-electron chi connectivity index (χ1n) is 7.07. The van der Waals surface area contributed by atoms with Gasteiger partial charge in [-0.05, 0) is 35.9 Å². The minimum atomic E-state index is 0.420. The largest absolute Gasteiger partial charge is 0.369 e. The number of nitrogens with zero attached hydrogens (tertiary/aromatic N) is 2. The second-order valence-corrected chi connectivity index (χ2v) is 9.20. The Morgan fingerprint density at radius 3 is 2.70 bits per heavy atom. The van der Waals surface area contributed by atoms with E-state index in [4.69, 9.17) is 9.97 Å². The van der Waals surface area contributed by atoms with Crippen LogP contribution in [0.1, 0.15) is 44.0 Å². The van der Waals surface area contributed by atoms with E-state index in [1.165, 1.54) is 0 Å². The number of rotatable bonds is 4. The Hall–Kier alpha value is 0.310. The molecular weight excluding hydrogens is 401 g/mol. The standard InChI is InChI=1S/C14H22IN3S2/c1-5-6-16-14-12(15)8(2)17-13(18-14)11-7-19-9(3)10(4)20-11/h9-11H,5-7H2,1-4H3,(H,16,17,18). The van der Waals surface area contributed by atoms with Crippen molar-refractivity contribution in [1.82, 2.24) is 9.97 Å². The maximum Gasteiger partial charge on any atom is 0.144 e. The molecule has 1 aliphatic rings. The fourth-order valence-corrected chi connectivity index (χ4v) is 5.28. The minimum Gasteiger partial charge on any atom is -0.369 e. The highest BCUT2D eigenvalue weighted by Crippen LogP contribution is 2.43. The summed E-state index contributed by atoms with van der Waals surface area (Å²) in [5, 5.41) is 5.23. The van der Waals surface area contributed by atoms with Crippen LogP contribution in [0.15, 0.2) is 0 Å². The van der Waals surface area contributed by atoms with Crippen LogP contribution in [0.2, 0.25) is 0 Å². The van der Waals surface area contributed by atoms with Gasteiger partial charge in [0.2, 0.25) is 0 Å². The molecular formula is C14H22IN3S2. The normalized spacial score (nSPS) is 26.6. The maximum atomic E-state index is 4.79. The molecule has 1 aromatic heterocycles. The Labute approximate surface area is 144 Å². The molecule has 112 valence electrons. The Balaban J connectivity index is 2.21. The first-order valence-corrected chi connectivity index (χ1v) is 10.1. The number of nitrogens with one attached hydrogen (secondary N) is 1. The van der Waals surface area contributed by atoms with Gasteiger partial charge in [-0.2, -0.15) is 11.8 Å². The van der Waals surface area contributed by atoms with Gasteiger partial charge in [0.05, 0.1) is 14.5 Å². The third-order valence-corrected chi connectivity index (χ3v) is 8.09. The summed E-state index contributed by atoms with van der Waals surface area (Å²) in [6, 6.07) is 0. The molecule has 1 aromatic rings. The lowest BCUT2D eigenvalue weighted by molar-refractivity contribution is 0.846. The van der Waals surface area contributed by atoms with Gasteiger partial charge in [-0.25, -0.2) is 9.97 Å². The van der Waals surface area contributed by atoms with Crippen molar-refractivity contribution in [3.05, 3.63) is 15.1 Å². The third kappa shape index (κ3) is 3.94. The van der Waals surface area contributed by atoms with Crippen LogP contribution < -0.4 is 5.32 Å². The molecule has 3 nitrogen and oxygen atoms in total. The molecule has 3 atom stereocenters. The number of aromatic nitrogens is 2. The molecule has 0 saturated carbocycles. The van der Waals surface area contributed by atoms with Crippen molar-refractivity contribution >= 4 is 51.9 Å². The molecule has 0 amide bonds. The van der Waals surface area contributed by atoms with Crippen LogP contribution in [0.25, 0.3) is 0 Å². The Morgan fingerprint density at radius 2 is 2.05 bits per heavy atom. The lowest BCUT2D eigenvalue weighted by Gasteiger charge is -2.30. The van der Waals surface area contributed by atoms with Gasteiger partial charge in [-0.3, -0.25) is 0 Å². The molecule has 0 spiro atoms. The van der Waals surface area contributed by atoms with Gasteiger partial charge >= 0.3 is 0 Å². The lowest BCUT2D eigenvalue weighted by Crippen LogP contribution is -2.23. The Kier molecular flexibility index (Phi) is 6.28. The van der Waals surface area contributed by atoms with Crippen LogP contribution in [0, 0.1) is 10.5 Å². The van der Waals surface area contributed by atoms with E-state index in [2.05, 4.69) is 55.6 Å². The van der Waals surface area contributed by atoms with E-state index in [1.54, 1.807) is 0 Å². The van der Waals surface area contributed by atoms with Crippen molar-refractivity contribution in [2.24, 2.45) is 0 Å². The first kappa shape index (κ1) is 16.7. The topological polar surface area (TPSA) is 37.8 Å². The molecule has 0 aromatic carbocycles. The molecule has 0 radical (unpaired) electrons. The van der Waals surface area contributed by atoms with Gasteiger partial charge in [-0.1, -0.05) is 20.8 Å². The predicted molar refractivity (Wildman–Crippen MR) is 100.0 cm³/mol. The van der Waals surface area contributed by atoms with E-state index in [0.29, 0.717) is 10.5 Å². The molecule has 2 rings (SSSR count). The quantitative estimate of drug-likeness (QED) is 0.722. The molecule has 20 heavy (non-hydrogen) atoms. The average Bonchev–Trinajstić information content (AvgIpc) is 2.43. The Morgan fingerprint density at radius 1 is 1.30 bits per heavy atom. The Bertz CT molecular complexity index is 470. The average molecular weight is 423 g/mol. The van der Waals surface area contributed by atoms with E-state index >= 15 is 0 Å². The summed E-state index contributed by atoms with van der Waals surface area (Å²) in [4.78, 5) is 9.52. The van der Waals surface area contributed by atoms with Gasteiger partial charge in [0, 0.05) is 22.8 Å². The number of thioether (sulfide) groups is 2. The van der Waals surface area contributed by atoms with Crippen molar-refractivity contribution in [2.45, 2.75) is 49.9 Å². The summed E-state index contributed by atoms with van der Waals surface area (Å²) >= 11 is 6.40. The summed E-state index contributed by atoms with van der Waals surface area (Å²) in [5.74, 6) is 3.12. The van der Waals surface area contributed by atoms with Crippen LogP contribution in [0.3, 0.4) is 0 Å². The fraction of sp³-hybridized carbons (Fsp3) is 0.714. The van der Waals surface area contributed by atoms with Crippen molar-refractivity contribution in [1.29, 1.82) is 0 Å². The zero-order valence-corrected chi connectivity index (χ0v) is 16.2. The van der Waals surface area contributed by atoms with Crippen LogP contribution in [0.5, 0.6) is 0 Å². The number of hydrogen-bond donors (Lipinski definition) is 1. The van der Waals surface area contributed by atoms with Crippen LogP contribution >= 0.6 is 46.1 Å². The highest BCUT2D eigenvalue weighted by atomic mass is 127. The second kappa shape index (κ2) is 7.54. The molecule has 0 bridgehead atoms. The SMILES string of the molecule is CCCNc1nc(C2CSC(C)C(C)S2)nc(C)c1I. The zero-order valence-electron chi connectivity index (χ0n) is 12.4. The predicted octanol–water partition coefficient (Wildman–Crippen LogP) is 4.51.